The Morgan fingerprint density at radius 2 is 1.92 bits per heavy atom. The highest BCUT2D eigenvalue weighted by Crippen LogP contribution is 2.24. The summed E-state index contributed by atoms with van der Waals surface area (Å²) in [5.41, 5.74) is 2.09. The first-order valence-electron chi connectivity index (χ1n) is 8.17. The highest BCUT2D eigenvalue weighted by Gasteiger charge is 2.35. The lowest BCUT2D eigenvalue weighted by molar-refractivity contribution is 0.0686. The second kappa shape index (κ2) is 7.17. The van der Waals surface area contributed by atoms with E-state index in [-0.39, 0.29) is 23.5 Å². The largest absolute Gasteiger partial charge is 0.378 e. The number of thiophene rings is 1. The Labute approximate surface area is 152 Å². The van der Waals surface area contributed by atoms with E-state index < -0.39 is 9.84 Å². The van der Waals surface area contributed by atoms with Crippen molar-refractivity contribution in [3.05, 3.63) is 52.2 Å². The molecule has 0 aliphatic carbocycles. The molecule has 0 N–H and O–H groups in total. The van der Waals surface area contributed by atoms with Gasteiger partial charge in [-0.05, 0) is 35.6 Å². The molecule has 1 aromatic carbocycles. The number of sulfone groups is 1. The van der Waals surface area contributed by atoms with Crippen LogP contribution in [0.5, 0.6) is 0 Å². The van der Waals surface area contributed by atoms with Gasteiger partial charge in [-0.1, -0.05) is 18.2 Å². The molecule has 1 aliphatic rings. The van der Waals surface area contributed by atoms with Crippen LogP contribution in [0.25, 0.3) is 0 Å². The molecule has 1 atom stereocenters. The van der Waals surface area contributed by atoms with Crippen LogP contribution in [-0.4, -0.2) is 50.9 Å². The monoisotopic (exact) mass is 378 g/mol. The summed E-state index contributed by atoms with van der Waals surface area (Å²) in [6.45, 7) is 0.421. The number of rotatable bonds is 5. The van der Waals surface area contributed by atoms with E-state index in [9.17, 15) is 13.2 Å². The van der Waals surface area contributed by atoms with Crippen molar-refractivity contribution < 1.29 is 13.2 Å². The molecule has 134 valence electrons. The van der Waals surface area contributed by atoms with Gasteiger partial charge < -0.3 is 9.80 Å². The van der Waals surface area contributed by atoms with Crippen molar-refractivity contribution in [2.45, 2.75) is 19.0 Å². The van der Waals surface area contributed by atoms with E-state index in [2.05, 4.69) is 0 Å². The predicted octanol–water partition coefficient (Wildman–Crippen LogP) is 2.64. The van der Waals surface area contributed by atoms with Gasteiger partial charge in [-0.2, -0.15) is 0 Å². The van der Waals surface area contributed by atoms with Gasteiger partial charge in [0, 0.05) is 32.4 Å². The van der Waals surface area contributed by atoms with Crippen molar-refractivity contribution in [2.75, 3.05) is 30.5 Å². The average Bonchev–Trinajstić information content (AvgIpc) is 3.22. The molecule has 0 saturated carbocycles. The zero-order valence-electron chi connectivity index (χ0n) is 14.4. The minimum atomic E-state index is -3.05. The summed E-state index contributed by atoms with van der Waals surface area (Å²) < 4.78 is 23.8. The van der Waals surface area contributed by atoms with Gasteiger partial charge in [0.2, 0.25) is 0 Å². The lowest BCUT2D eigenvalue weighted by Crippen LogP contribution is -2.40. The topological polar surface area (TPSA) is 57.7 Å². The summed E-state index contributed by atoms with van der Waals surface area (Å²) >= 11 is 1.39. The molecule has 2 heterocycles. The summed E-state index contributed by atoms with van der Waals surface area (Å²) in [6.07, 6.45) is 0.509. The molecule has 1 aliphatic heterocycles. The van der Waals surface area contributed by atoms with E-state index in [0.717, 1.165) is 11.3 Å². The van der Waals surface area contributed by atoms with Crippen molar-refractivity contribution in [1.29, 1.82) is 0 Å². The van der Waals surface area contributed by atoms with Crippen molar-refractivity contribution >= 4 is 32.8 Å². The number of hydrogen-bond donors (Lipinski definition) is 0. The standard InChI is InChI=1S/C18H22N2O3S2/c1-19(2)15-7-5-14(6-8-15)12-20(16-9-11-25(22,23)13-16)18(21)17-4-3-10-24-17/h3-8,10,16H,9,11-13H2,1-2H3/t16-/m0/s1. The van der Waals surface area contributed by atoms with Gasteiger partial charge in [-0.15, -0.1) is 11.3 Å². The Morgan fingerprint density at radius 3 is 2.44 bits per heavy atom. The van der Waals surface area contributed by atoms with E-state index in [0.29, 0.717) is 17.8 Å². The first kappa shape index (κ1) is 17.9. The number of hydrogen-bond acceptors (Lipinski definition) is 5. The number of anilines is 1. The Hall–Kier alpha value is -1.86. The Bertz CT molecular complexity index is 828. The van der Waals surface area contributed by atoms with E-state index in [1.807, 2.05) is 54.7 Å². The summed E-state index contributed by atoms with van der Waals surface area (Å²) in [4.78, 5) is 17.3. The lowest BCUT2D eigenvalue weighted by Gasteiger charge is -2.28. The van der Waals surface area contributed by atoms with Gasteiger partial charge in [0.15, 0.2) is 9.84 Å². The summed E-state index contributed by atoms with van der Waals surface area (Å²) in [6, 6.07) is 11.4. The zero-order chi connectivity index (χ0) is 18.0. The summed E-state index contributed by atoms with van der Waals surface area (Å²) in [5, 5.41) is 1.86. The molecule has 7 heteroatoms. The molecule has 2 aromatic rings. The fourth-order valence-corrected chi connectivity index (χ4v) is 5.44. The molecule has 1 fully saturated rings. The summed E-state index contributed by atoms with van der Waals surface area (Å²) in [5.74, 6) is 0.125. The minimum Gasteiger partial charge on any atom is -0.378 e. The van der Waals surface area contributed by atoms with Gasteiger partial charge >= 0.3 is 0 Å². The molecule has 1 saturated heterocycles. The number of carbonyl (C=O) groups excluding carboxylic acids is 1. The number of amides is 1. The zero-order valence-corrected chi connectivity index (χ0v) is 16.0. The molecule has 3 rings (SSSR count). The van der Waals surface area contributed by atoms with Crippen molar-refractivity contribution in [3.8, 4) is 0 Å². The van der Waals surface area contributed by atoms with E-state index >= 15 is 0 Å². The van der Waals surface area contributed by atoms with Crippen LogP contribution in [0, 0.1) is 0 Å². The Balaban J connectivity index is 1.84. The lowest BCUT2D eigenvalue weighted by atomic mass is 10.1. The average molecular weight is 379 g/mol. The van der Waals surface area contributed by atoms with E-state index in [1.165, 1.54) is 11.3 Å². The summed E-state index contributed by atoms with van der Waals surface area (Å²) in [7, 11) is 0.904. The van der Waals surface area contributed by atoms with Crippen LogP contribution in [0.3, 0.4) is 0 Å². The molecule has 0 bridgehead atoms. The smallest absolute Gasteiger partial charge is 0.264 e. The molecule has 1 amide bonds. The third-order valence-electron chi connectivity index (χ3n) is 4.45. The normalized spacial score (nSPS) is 18.9. The van der Waals surface area contributed by atoms with Crippen LogP contribution in [0.1, 0.15) is 21.7 Å². The fraction of sp³-hybridized carbons (Fsp3) is 0.389. The second-order valence-electron chi connectivity index (χ2n) is 6.53. The van der Waals surface area contributed by atoms with Crippen LogP contribution in [-0.2, 0) is 16.4 Å². The van der Waals surface area contributed by atoms with Gasteiger partial charge in [0.25, 0.3) is 5.91 Å². The minimum absolute atomic E-state index is 0.0555. The quantitative estimate of drug-likeness (QED) is 0.803. The van der Waals surface area contributed by atoms with Gasteiger partial charge in [-0.25, -0.2) is 8.42 Å². The molecular formula is C18H22N2O3S2. The van der Waals surface area contributed by atoms with Crippen LogP contribution >= 0.6 is 11.3 Å². The number of carbonyl (C=O) groups is 1. The van der Waals surface area contributed by atoms with E-state index in [1.54, 1.807) is 11.0 Å². The SMILES string of the molecule is CN(C)c1ccc(CN(C(=O)c2cccs2)[C@H]2CCS(=O)(=O)C2)cc1. The van der Waals surface area contributed by atoms with Crippen LogP contribution in [0.15, 0.2) is 41.8 Å². The molecule has 0 unspecified atom stereocenters. The maximum Gasteiger partial charge on any atom is 0.264 e. The number of nitrogens with zero attached hydrogens (tertiary/aromatic N) is 2. The Kier molecular flexibility index (Phi) is 5.15. The van der Waals surface area contributed by atoms with Crippen molar-refractivity contribution in [1.82, 2.24) is 4.90 Å². The predicted molar refractivity (Wildman–Crippen MR) is 102 cm³/mol. The van der Waals surface area contributed by atoms with E-state index in [4.69, 9.17) is 0 Å². The van der Waals surface area contributed by atoms with Gasteiger partial charge in [0.1, 0.15) is 0 Å². The van der Waals surface area contributed by atoms with Crippen molar-refractivity contribution in [3.63, 3.8) is 0 Å². The van der Waals surface area contributed by atoms with Crippen molar-refractivity contribution in [2.24, 2.45) is 0 Å². The first-order chi connectivity index (χ1) is 11.9. The third-order valence-corrected chi connectivity index (χ3v) is 7.06. The maximum atomic E-state index is 12.9. The molecule has 0 radical (unpaired) electrons. The molecule has 1 aromatic heterocycles. The van der Waals surface area contributed by atoms with Gasteiger partial charge in [-0.3, -0.25) is 4.79 Å². The highest BCUT2D eigenvalue weighted by molar-refractivity contribution is 7.91. The third kappa shape index (κ3) is 4.22. The highest BCUT2D eigenvalue weighted by atomic mass is 32.2. The number of benzene rings is 1. The molecule has 25 heavy (non-hydrogen) atoms. The first-order valence-corrected chi connectivity index (χ1v) is 10.9. The van der Waals surface area contributed by atoms with Gasteiger partial charge in [0.05, 0.1) is 16.4 Å². The second-order valence-corrected chi connectivity index (χ2v) is 9.70. The van der Waals surface area contributed by atoms with Crippen LogP contribution in [0.4, 0.5) is 5.69 Å². The van der Waals surface area contributed by atoms with Crippen LogP contribution in [0.2, 0.25) is 0 Å². The maximum absolute atomic E-state index is 12.9. The Morgan fingerprint density at radius 1 is 1.20 bits per heavy atom. The van der Waals surface area contributed by atoms with Crippen LogP contribution < -0.4 is 4.90 Å². The fourth-order valence-electron chi connectivity index (χ4n) is 3.03. The molecule has 5 nitrogen and oxygen atoms in total. The molecular weight excluding hydrogens is 356 g/mol. The molecule has 0 spiro atoms.